The fourth-order valence-corrected chi connectivity index (χ4v) is 2.37. The highest BCUT2D eigenvalue weighted by Gasteiger charge is 2.50. The van der Waals surface area contributed by atoms with Gasteiger partial charge in [-0.05, 0) is 0 Å². The molecular formula is C8H9NO7S. The molecule has 1 saturated heterocycles. The van der Waals surface area contributed by atoms with Crippen LogP contribution in [-0.2, 0) is 33.9 Å². The van der Waals surface area contributed by atoms with Crippen LogP contribution in [0.3, 0.4) is 0 Å². The van der Waals surface area contributed by atoms with Crippen LogP contribution in [0.5, 0.6) is 0 Å². The lowest BCUT2D eigenvalue weighted by Crippen LogP contribution is -2.37. The van der Waals surface area contributed by atoms with Crippen LogP contribution in [-0.4, -0.2) is 41.6 Å². The van der Waals surface area contributed by atoms with Gasteiger partial charge in [-0.15, -0.1) is 5.06 Å². The van der Waals surface area contributed by atoms with Crippen LogP contribution in [0, 0.1) is 0 Å². The average molecular weight is 263 g/mol. The molecule has 17 heavy (non-hydrogen) atoms. The minimum atomic E-state index is -4.37. The smallest absolute Gasteiger partial charge is 0.330 e. The molecule has 0 aliphatic carbocycles. The van der Waals surface area contributed by atoms with Crippen LogP contribution in [0.15, 0.2) is 0 Å². The molecule has 0 aromatic heterocycles. The molecule has 0 aromatic carbocycles. The number of carbonyl (C=O) groups excluding carboxylic acids is 4. The van der Waals surface area contributed by atoms with Gasteiger partial charge in [0.2, 0.25) is 15.0 Å². The van der Waals surface area contributed by atoms with Crippen molar-refractivity contribution in [3.05, 3.63) is 0 Å². The number of sulfone groups is 1. The summed E-state index contributed by atoms with van der Waals surface area (Å²) in [5.41, 5.74) is 0. The molecule has 0 N–H and O–H groups in total. The third kappa shape index (κ3) is 2.33. The number of imide groups is 1. The van der Waals surface area contributed by atoms with E-state index < -0.39 is 44.4 Å². The van der Waals surface area contributed by atoms with Crippen LogP contribution in [0.2, 0.25) is 0 Å². The van der Waals surface area contributed by atoms with Gasteiger partial charge < -0.3 is 4.84 Å². The van der Waals surface area contributed by atoms with Crippen LogP contribution < -0.4 is 0 Å². The van der Waals surface area contributed by atoms with Crippen molar-refractivity contribution in [2.24, 2.45) is 0 Å². The van der Waals surface area contributed by atoms with Gasteiger partial charge >= 0.3 is 5.97 Å². The zero-order valence-electron chi connectivity index (χ0n) is 9.00. The van der Waals surface area contributed by atoms with E-state index in [1.807, 2.05) is 0 Å². The normalized spacial score (nSPS) is 20.6. The van der Waals surface area contributed by atoms with Crippen LogP contribution in [0.4, 0.5) is 0 Å². The lowest BCUT2D eigenvalue weighted by molar-refractivity contribution is -0.195. The maximum Gasteiger partial charge on any atom is 0.330 e. The number of hydroxylamine groups is 2. The Morgan fingerprint density at radius 2 is 1.82 bits per heavy atom. The Morgan fingerprint density at radius 1 is 1.29 bits per heavy atom. The number of nitrogens with zero attached hydrogens (tertiary/aromatic N) is 1. The first-order valence-electron chi connectivity index (χ1n) is 4.47. The molecule has 1 heterocycles. The molecule has 0 bridgehead atoms. The van der Waals surface area contributed by atoms with Crippen LogP contribution in [0.25, 0.3) is 0 Å². The molecule has 2 amide bonds. The highest BCUT2D eigenvalue weighted by atomic mass is 32.2. The topological polar surface area (TPSA) is 115 Å². The van der Waals surface area contributed by atoms with E-state index in [-0.39, 0.29) is 5.06 Å². The van der Waals surface area contributed by atoms with E-state index in [0.717, 1.165) is 13.8 Å². The molecular weight excluding hydrogens is 254 g/mol. The largest absolute Gasteiger partial charge is 0.331 e. The number of hydrogen-bond acceptors (Lipinski definition) is 7. The zero-order valence-corrected chi connectivity index (χ0v) is 9.81. The molecule has 1 aliphatic rings. The van der Waals surface area contributed by atoms with E-state index in [4.69, 9.17) is 0 Å². The summed E-state index contributed by atoms with van der Waals surface area (Å²) >= 11 is 0. The summed E-state index contributed by atoms with van der Waals surface area (Å²) < 4.78 is 22.9. The van der Waals surface area contributed by atoms with Crippen LogP contribution in [0.1, 0.15) is 20.3 Å². The van der Waals surface area contributed by atoms with E-state index in [9.17, 15) is 27.6 Å². The van der Waals surface area contributed by atoms with E-state index in [1.54, 1.807) is 0 Å². The van der Waals surface area contributed by atoms with Gasteiger partial charge in [-0.2, -0.15) is 0 Å². The first kappa shape index (κ1) is 13.3. The fourth-order valence-electron chi connectivity index (χ4n) is 1.25. The molecule has 1 aliphatic heterocycles. The van der Waals surface area contributed by atoms with Crippen LogP contribution >= 0.6 is 0 Å². The number of hydrogen-bond donors (Lipinski definition) is 0. The second-order valence-corrected chi connectivity index (χ2v) is 5.57. The van der Waals surface area contributed by atoms with Crippen molar-refractivity contribution in [2.75, 3.05) is 0 Å². The maximum atomic E-state index is 11.5. The SMILES string of the molecule is CC(=O)ON1C(=O)CC(S(=O)(=O)C(C)=O)C1=O. The summed E-state index contributed by atoms with van der Waals surface area (Å²) in [6, 6.07) is 0. The van der Waals surface area contributed by atoms with E-state index in [1.165, 1.54) is 0 Å². The van der Waals surface area contributed by atoms with Gasteiger partial charge in [0.15, 0.2) is 5.25 Å². The molecule has 94 valence electrons. The first-order chi connectivity index (χ1) is 7.67. The molecule has 0 saturated carbocycles. The summed E-state index contributed by atoms with van der Waals surface area (Å²) in [6.45, 7) is 1.73. The van der Waals surface area contributed by atoms with Crippen molar-refractivity contribution >= 4 is 32.7 Å². The molecule has 1 unspecified atom stereocenters. The lowest BCUT2D eigenvalue weighted by Gasteiger charge is -2.11. The van der Waals surface area contributed by atoms with Gasteiger partial charge in [0, 0.05) is 13.8 Å². The van der Waals surface area contributed by atoms with Gasteiger partial charge in [-0.25, -0.2) is 13.2 Å². The Bertz CT molecular complexity index is 506. The van der Waals surface area contributed by atoms with Crippen molar-refractivity contribution in [1.82, 2.24) is 5.06 Å². The minimum absolute atomic E-state index is 0.0769. The van der Waals surface area contributed by atoms with Gasteiger partial charge in [-0.3, -0.25) is 14.4 Å². The highest BCUT2D eigenvalue weighted by molar-refractivity contribution is 8.07. The fraction of sp³-hybridized carbons (Fsp3) is 0.500. The molecule has 1 rings (SSSR count). The Hall–Kier alpha value is -1.77. The number of amides is 2. The van der Waals surface area contributed by atoms with Gasteiger partial charge in [-0.1, -0.05) is 0 Å². The summed E-state index contributed by atoms with van der Waals surface area (Å²) in [7, 11) is -4.37. The van der Waals surface area contributed by atoms with E-state index in [2.05, 4.69) is 4.84 Å². The van der Waals surface area contributed by atoms with Crippen molar-refractivity contribution in [3.63, 3.8) is 0 Å². The quantitative estimate of drug-likeness (QED) is 0.560. The average Bonchev–Trinajstić information content (AvgIpc) is 2.45. The molecule has 0 aromatic rings. The predicted octanol–water partition coefficient (Wildman–Crippen LogP) is -1.45. The third-order valence-corrected chi connectivity index (χ3v) is 3.98. The molecule has 1 fully saturated rings. The minimum Gasteiger partial charge on any atom is -0.331 e. The molecule has 1 atom stereocenters. The lowest BCUT2D eigenvalue weighted by atomic mass is 10.4. The standard InChI is InChI=1S/C8H9NO7S/c1-4(10)16-9-7(12)3-6(8(9)13)17(14,15)5(2)11/h6H,3H2,1-2H3. The molecule has 0 spiro atoms. The summed E-state index contributed by atoms with van der Waals surface area (Å²) in [5, 5.41) is -2.94. The van der Waals surface area contributed by atoms with Crippen molar-refractivity contribution in [1.29, 1.82) is 0 Å². The Balaban J connectivity index is 3.04. The van der Waals surface area contributed by atoms with E-state index >= 15 is 0 Å². The highest BCUT2D eigenvalue weighted by Crippen LogP contribution is 2.21. The van der Waals surface area contributed by atoms with Crippen molar-refractivity contribution in [3.8, 4) is 0 Å². The Morgan fingerprint density at radius 3 is 2.24 bits per heavy atom. The second kappa shape index (κ2) is 4.24. The molecule has 9 heteroatoms. The van der Waals surface area contributed by atoms with Gasteiger partial charge in [0.05, 0.1) is 6.42 Å². The van der Waals surface area contributed by atoms with Gasteiger partial charge in [0.1, 0.15) is 0 Å². The maximum absolute atomic E-state index is 11.5. The molecule has 8 nitrogen and oxygen atoms in total. The van der Waals surface area contributed by atoms with Gasteiger partial charge in [0.25, 0.3) is 11.8 Å². The monoisotopic (exact) mass is 263 g/mol. The third-order valence-electron chi connectivity index (χ3n) is 2.06. The zero-order chi connectivity index (χ0) is 13.4. The Labute approximate surface area is 96.4 Å². The first-order valence-corrected chi connectivity index (χ1v) is 6.02. The summed E-state index contributed by atoms with van der Waals surface area (Å²) in [6.07, 6.45) is -0.700. The summed E-state index contributed by atoms with van der Waals surface area (Å²) in [5.74, 6) is -3.13. The predicted molar refractivity (Wildman–Crippen MR) is 51.6 cm³/mol. The molecule has 0 radical (unpaired) electrons. The van der Waals surface area contributed by atoms with E-state index in [0.29, 0.717) is 0 Å². The number of rotatable bonds is 2. The number of carbonyl (C=O) groups is 4. The van der Waals surface area contributed by atoms with Crippen molar-refractivity contribution < 1.29 is 32.4 Å². The second-order valence-electron chi connectivity index (χ2n) is 3.34. The summed E-state index contributed by atoms with van der Waals surface area (Å²) in [4.78, 5) is 48.5. The Kier molecular flexibility index (Phi) is 3.32. The van der Waals surface area contributed by atoms with Crippen molar-refractivity contribution in [2.45, 2.75) is 25.5 Å².